The van der Waals surface area contributed by atoms with Crippen LogP contribution in [0.1, 0.15) is 21.9 Å². The Hall–Kier alpha value is -3.98. The second-order valence-corrected chi connectivity index (χ2v) is 10.8. The Morgan fingerprint density at radius 3 is 2.36 bits per heavy atom. The fraction of sp³-hybridized carbons (Fsp3) is 0.208. The monoisotopic (exact) mass is 580 g/mol. The van der Waals surface area contributed by atoms with Crippen LogP contribution in [0.5, 0.6) is 0 Å². The van der Waals surface area contributed by atoms with Gasteiger partial charge in [-0.05, 0) is 35.9 Å². The molecular formula is C24H16F4N4O5S2. The summed E-state index contributed by atoms with van der Waals surface area (Å²) < 4.78 is 53.8. The second-order valence-electron chi connectivity index (χ2n) is 8.69. The minimum Gasteiger partial charge on any atom is -0.351 e. The molecule has 0 aliphatic carbocycles. The number of anilines is 1. The molecule has 0 spiro atoms. The summed E-state index contributed by atoms with van der Waals surface area (Å²) >= 11 is 1.52. The highest BCUT2D eigenvalue weighted by Gasteiger charge is 2.57. The highest BCUT2D eigenvalue weighted by Crippen LogP contribution is 2.53. The van der Waals surface area contributed by atoms with E-state index < -0.39 is 69.8 Å². The molecule has 1 fully saturated rings. The maximum Gasteiger partial charge on any atom is 0.416 e. The molecule has 202 valence electrons. The number of nitrogens with zero attached hydrogens (tertiary/aromatic N) is 2. The topological polar surface area (TPSA) is 132 Å². The average molecular weight is 581 g/mol. The first-order valence-corrected chi connectivity index (χ1v) is 12.9. The number of hydrogen-bond donors (Lipinski definition) is 2. The van der Waals surface area contributed by atoms with Crippen molar-refractivity contribution in [3.63, 3.8) is 0 Å². The first-order valence-electron chi connectivity index (χ1n) is 11.2. The number of aromatic nitrogens is 1. The zero-order valence-electron chi connectivity index (χ0n) is 19.4. The predicted octanol–water partition coefficient (Wildman–Crippen LogP) is 3.38. The number of carbonyl (C=O) groups is 4. The standard InChI is InChI=1S/C24H16F4N4O5S2/c25-12-6-4-10(5-7-12)15-16-17(20(35)32(19(16)34)22(29)36)38-21-18(15)39-23(37)31(21)9-14(33)30-13-3-1-2-11(8-13)24(26,27)28/h1-8,15-17H,9H2,(H2,29,36)(H,30,33)/t15-,16+,17-/m0/s1. The molecule has 0 unspecified atom stereocenters. The molecule has 3 aromatic rings. The number of nitrogens with one attached hydrogen (secondary N) is 1. The molecule has 0 saturated carbocycles. The molecule has 39 heavy (non-hydrogen) atoms. The fourth-order valence-electron chi connectivity index (χ4n) is 4.62. The van der Waals surface area contributed by atoms with Crippen LogP contribution < -0.4 is 15.9 Å². The number of fused-ring (bicyclic) bond motifs is 2. The maximum atomic E-state index is 13.7. The molecule has 15 heteroatoms. The Morgan fingerprint density at radius 1 is 1.03 bits per heavy atom. The Kier molecular flexibility index (Phi) is 6.58. The summed E-state index contributed by atoms with van der Waals surface area (Å²) in [6.07, 6.45) is -4.63. The third-order valence-electron chi connectivity index (χ3n) is 6.27. The summed E-state index contributed by atoms with van der Waals surface area (Å²) in [7, 11) is 0. The van der Waals surface area contributed by atoms with Crippen LogP contribution in [0.2, 0.25) is 0 Å². The van der Waals surface area contributed by atoms with E-state index in [9.17, 15) is 41.5 Å². The fourth-order valence-corrected chi connectivity index (χ4v) is 7.39. The summed E-state index contributed by atoms with van der Waals surface area (Å²) in [5.41, 5.74) is 4.53. The van der Waals surface area contributed by atoms with E-state index in [-0.39, 0.29) is 10.7 Å². The Labute approximate surface area is 224 Å². The summed E-state index contributed by atoms with van der Waals surface area (Å²) in [5, 5.41) is 1.33. The van der Waals surface area contributed by atoms with Crippen molar-refractivity contribution in [1.82, 2.24) is 9.47 Å². The van der Waals surface area contributed by atoms with Crippen molar-refractivity contribution in [3.05, 3.63) is 80.0 Å². The van der Waals surface area contributed by atoms with Gasteiger partial charge in [0.15, 0.2) is 0 Å². The molecule has 3 atom stereocenters. The van der Waals surface area contributed by atoms with Crippen LogP contribution in [-0.4, -0.2) is 38.5 Å². The van der Waals surface area contributed by atoms with E-state index >= 15 is 0 Å². The van der Waals surface area contributed by atoms with Crippen molar-refractivity contribution in [2.45, 2.75) is 28.9 Å². The number of amides is 5. The molecule has 0 bridgehead atoms. The Bertz CT molecular complexity index is 1580. The van der Waals surface area contributed by atoms with Crippen LogP contribution in [0.15, 0.2) is 58.4 Å². The van der Waals surface area contributed by atoms with E-state index in [0.717, 1.165) is 46.7 Å². The van der Waals surface area contributed by atoms with Crippen molar-refractivity contribution in [2.24, 2.45) is 11.7 Å². The van der Waals surface area contributed by atoms with Crippen LogP contribution in [0.3, 0.4) is 0 Å². The lowest BCUT2D eigenvalue weighted by Gasteiger charge is -2.30. The molecule has 0 radical (unpaired) electrons. The van der Waals surface area contributed by atoms with Crippen molar-refractivity contribution < 1.29 is 36.7 Å². The number of carbonyl (C=O) groups excluding carboxylic acids is 4. The molecular weight excluding hydrogens is 564 g/mol. The normalized spacial score (nSPS) is 20.5. The number of hydrogen-bond acceptors (Lipinski definition) is 7. The number of thiazole rings is 1. The van der Waals surface area contributed by atoms with Crippen LogP contribution >= 0.6 is 23.1 Å². The van der Waals surface area contributed by atoms with Gasteiger partial charge in [-0.2, -0.15) is 18.1 Å². The Balaban J connectivity index is 1.52. The smallest absolute Gasteiger partial charge is 0.351 e. The minimum atomic E-state index is -4.63. The van der Waals surface area contributed by atoms with Crippen LogP contribution in [0, 0.1) is 11.7 Å². The Morgan fingerprint density at radius 2 is 1.72 bits per heavy atom. The van der Waals surface area contributed by atoms with Crippen molar-refractivity contribution in [1.29, 1.82) is 0 Å². The third-order valence-corrected chi connectivity index (χ3v) is 8.88. The van der Waals surface area contributed by atoms with E-state index in [0.29, 0.717) is 26.7 Å². The largest absolute Gasteiger partial charge is 0.416 e. The van der Waals surface area contributed by atoms with Gasteiger partial charge in [-0.3, -0.25) is 23.7 Å². The van der Waals surface area contributed by atoms with Crippen molar-refractivity contribution in [3.8, 4) is 0 Å². The lowest BCUT2D eigenvalue weighted by Crippen LogP contribution is -2.41. The number of nitrogens with two attached hydrogens (primary N) is 1. The number of imide groups is 3. The van der Waals surface area contributed by atoms with Gasteiger partial charge in [0.1, 0.15) is 17.6 Å². The molecule has 2 aliphatic rings. The number of urea groups is 1. The number of benzene rings is 2. The number of likely N-dealkylation sites (tertiary alicyclic amines) is 1. The summed E-state index contributed by atoms with van der Waals surface area (Å²) in [4.78, 5) is 63.8. The van der Waals surface area contributed by atoms with Gasteiger partial charge in [0.05, 0.1) is 16.5 Å². The first kappa shape index (κ1) is 26.6. The van der Waals surface area contributed by atoms with Gasteiger partial charge >= 0.3 is 17.1 Å². The zero-order chi connectivity index (χ0) is 28.2. The van der Waals surface area contributed by atoms with Crippen LogP contribution in [0.4, 0.5) is 28.0 Å². The van der Waals surface area contributed by atoms with Crippen LogP contribution in [-0.2, 0) is 27.1 Å². The second kappa shape index (κ2) is 9.64. The lowest BCUT2D eigenvalue weighted by atomic mass is 9.83. The molecule has 5 rings (SSSR count). The summed E-state index contributed by atoms with van der Waals surface area (Å²) in [6.45, 7) is -0.608. The molecule has 3 N–H and O–H groups in total. The van der Waals surface area contributed by atoms with Gasteiger partial charge in [-0.25, -0.2) is 9.18 Å². The van der Waals surface area contributed by atoms with E-state index in [1.807, 2.05) is 0 Å². The van der Waals surface area contributed by atoms with E-state index in [4.69, 9.17) is 5.73 Å². The molecule has 1 aromatic heterocycles. The van der Waals surface area contributed by atoms with E-state index in [2.05, 4.69) is 5.32 Å². The minimum absolute atomic E-state index is 0.141. The SMILES string of the molecule is NC(=O)N1C(=O)[C@@H]2[C@H](c3ccc(F)cc3)c3sc(=O)n(CC(=O)Nc4cccc(C(F)(F)F)c4)c3S[C@@H]2C1=O. The average Bonchev–Trinajstić information content (AvgIpc) is 3.30. The summed E-state index contributed by atoms with van der Waals surface area (Å²) in [6, 6.07) is 7.74. The van der Waals surface area contributed by atoms with Crippen molar-refractivity contribution >= 4 is 52.5 Å². The first-order chi connectivity index (χ1) is 18.4. The number of primary amides is 1. The van der Waals surface area contributed by atoms with Gasteiger partial charge in [0.2, 0.25) is 11.8 Å². The predicted molar refractivity (Wildman–Crippen MR) is 131 cm³/mol. The third kappa shape index (κ3) is 4.71. The molecule has 3 heterocycles. The molecule has 2 aromatic carbocycles. The summed E-state index contributed by atoms with van der Waals surface area (Å²) in [5.74, 6) is -5.19. The van der Waals surface area contributed by atoms with Gasteiger partial charge in [-0.1, -0.05) is 41.3 Å². The highest BCUT2D eigenvalue weighted by molar-refractivity contribution is 8.00. The highest BCUT2D eigenvalue weighted by atomic mass is 32.2. The lowest BCUT2D eigenvalue weighted by molar-refractivity contribution is -0.138. The molecule has 1 saturated heterocycles. The van der Waals surface area contributed by atoms with Gasteiger partial charge in [0, 0.05) is 16.5 Å². The van der Waals surface area contributed by atoms with Gasteiger partial charge in [0.25, 0.3) is 5.91 Å². The number of rotatable bonds is 4. The zero-order valence-corrected chi connectivity index (χ0v) is 21.0. The number of halogens is 4. The van der Waals surface area contributed by atoms with E-state index in [1.165, 1.54) is 18.2 Å². The number of thioether (sulfide) groups is 1. The van der Waals surface area contributed by atoms with Gasteiger partial charge < -0.3 is 11.1 Å². The van der Waals surface area contributed by atoms with Crippen molar-refractivity contribution in [2.75, 3.05) is 5.32 Å². The van der Waals surface area contributed by atoms with Crippen LogP contribution in [0.25, 0.3) is 0 Å². The maximum absolute atomic E-state index is 13.7. The quantitative estimate of drug-likeness (QED) is 0.359. The molecule has 5 amide bonds. The molecule has 2 aliphatic heterocycles. The van der Waals surface area contributed by atoms with E-state index in [1.54, 1.807) is 0 Å². The van der Waals surface area contributed by atoms with Gasteiger partial charge in [-0.15, -0.1) is 0 Å². The number of alkyl halides is 3. The molecule has 9 nitrogen and oxygen atoms in total.